The second-order valence-corrected chi connectivity index (χ2v) is 10.5. The Balaban J connectivity index is 2.61. The number of hydrogen-bond acceptors (Lipinski definition) is 5. The summed E-state index contributed by atoms with van der Waals surface area (Å²) in [5.74, 6) is 0.218. The molecule has 1 aromatic carbocycles. The molecule has 1 heterocycles. The molecule has 1 N–H and O–H groups in total. The third-order valence-corrected chi connectivity index (χ3v) is 5.50. The van der Waals surface area contributed by atoms with Crippen molar-refractivity contribution in [1.29, 1.82) is 0 Å². The van der Waals surface area contributed by atoms with Crippen LogP contribution < -0.4 is 0 Å². The van der Waals surface area contributed by atoms with Crippen molar-refractivity contribution in [2.24, 2.45) is 0 Å². The highest BCUT2D eigenvalue weighted by Gasteiger charge is 2.34. The van der Waals surface area contributed by atoms with E-state index in [0.717, 1.165) is 16.7 Å². The first kappa shape index (κ1) is 20.9. The molecular formula is C20H28N2O2S2. The Morgan fingerprint density at radius 3 is 1.88 bits per heavy atom. The van der Waals surface area contributed by atoms with Gasteiger partial charge in [0.15, 0.2) is 4.32 Å². The van der Waals surface area contributed by atoms with Gasteiger partial charge < -0.3 is 5.11 Å². The number of hydrazine groups is 1. The van der Waals surface area contributed by atoms with Crippen LogP contribution in [-0.2, 0) is 15.6 Å². The van der Waals surface area contributed by atoms with Crippen LogP contribution in [0, 0.1) is 0 Å². The summed E-state index contributed by atoms with van der Waals surface area (Å²) in [4.78, 5) is 13.2. The summed E-state index contributed by atoms with van der Waals surface area (Å²) in [6, 6.07) is 3.93. The van der Waals surface area contributed by atoms with Gasteiger partial charge in [0, 0.05) is 25.2 Å². The molecule has 0 unspecified atom stereocenters. The maximum absolute atomic E-state index is 12.7. The van der Waals surface area contributed by atoms with Gasteiger partial charge in [0.25, 0.3) is 5.91 Å². The van der Waals surface area contributed by atoms with Crippen LogP contribution >= 0.6 is 24.0 Å². The molecular weight excluding hydrogens is 364 g/mol. The summed E-state index contributed by atoms with van der Waals surface area (Å²) in [6.07, 6.45) is 1.87. The molecule has 1 aliphatic rings. The van der Waals surface area contributed by atoms with Gasteiger partial charge in [-0.3, -0.25) is 4.79 Å². The number of benzene rings is 1. The summed E-state index contributed by atoms with van der Waals surface area (Å²) in [7, 11) is 3.59. The first-order chi connectivity index (χ1) is 11.7. The Kier molecular flexibility index (Phi) is 5.62. The van der Waals surface area contributed by atoms with Crippen LogP contribution in [0.4, 0.5) is 0 Å². The van der Waals surface area contributed by atoms with E-state index in [1.165, 1.54) is 16.8 Å². The number of thioether (sulfide) groups is 1. The number of nitrogens with zero attached hydrogens (tertiary/aromatic N) is 2. The molecule has 1 aliphatic heterocycles. The quantitative estimate of drug-likeness (QED) is 0.585. The number of aromatic hydroxyl groups is 1. The van der Waals surface area contributed by atoms with Gasteiger partial charge in [-0.1, -0.05) is 65.5 Å². The zero-order chi connectivity index (χ0) is 20.0. The van der Waals surface area contributed by atoms with E-state index < -0.39 is 0 Å². The molecule has 26 heavy (non-hydrogen) atoms. The number of phenolic OH excluding ortho intramolecular Hbond substituents is 1. The zero-order valence-corrected chi connectivity index (χ0v) is 18.4. The van der Waals surface area contributed by atoms with Gasteiger partial charge >= 0.3 is 0 Å². The van der Waals surface area contributed by atoms with E-state index in [1.807, 2.05) is 18.2 Å². The third kappa shape index (κ3) is 4.13. The molecule has 6 heteroatoms. The average Bonchev–Trinajstić information content (AvgIpc) is 2.72. The molecule has 0 aliphatic carbocycles. The largest absolute Gasteiger partial charge is 0.507 e. The lowest BCUT2D eigenvalue weighted by molar-refractivity contribution is -0.130. The first-order valence-electron chi connectivity index (χ1n) is 8.56. The van der Waals surface area contributed by atoms with Crippen molar-refractivity contribution in [3.05, 3.63) is 33.7 Å². The lowest BCUT2D eigenvalue weighted by Gasteiger charge is -2.28. The molecule has 0 spiro atoms. The van der Waals surface area contributed by atoms with Crippen LogP contribution in [0.3, 0.4) is 0 Å². The summed E-state index contributed by atoms with van der Waals surface area (Å²) in [5, 5.41) is 14.0. The van der Waals surface area contributed by atoms with Crippen LogP contribution in [0.2, 0.25) is 0 Å². The fraction of sp³-hybridized carbons (Fsp3) is 0.500. The van der Waals surface area contributed by atoms with Gasteiger partial charge in [-0.05, 0) is 34.6 Å². The van der Waals surface area contributed by atoms with Crippen LogP contribution in [0.25, 0.3) is 6.08 Å². The van der Waals surface area contributed by atoms with E-state index >= 15 is 0 Å². The van der Waals surface area contributed by atoms with E-state index in [0.29, 0.717) is 15.0 Å². The highest BCUT2D eigenvalue weighted by atomic mass is 32.2. The number of carbonyl (C=O) groups is 1. The summed E-state index contributed by atoms with van der Waals surface area (Å²) in [5.41, 5.74) is 2.22. The summed E-state index contributed by atoms with van der Waals surface area (Å²) < 4.78 is 0.525. The van der Waals surface area contributed by atoms with Crippen LogP contribution in [0.15, 0.2) is 17.0 Å². The number of hydrogen-bond donors (Lipinski definition) is 1. The Labute approximate surface area is 166 Å². The summed E-state index contributed by atoms with van der Waals surface area (Å²) >= 11 is 6.62. The van der Waals surface area contributed by atoms with Gasteiger partial charge in [0.05, 0.1) is 4.91 Å². The van der Waals surface area contributed by atoms with E-state index in [4.69, 9.17) is 12.2 Å². The average molecular weight is 393 g/mol. The number of amides is 1. The summed E-state index contributed by atoms with van der Waals surface area (Å²) in [6.45, 7) is 12.4. The van der Waals surface area contributed by atoms with Crippen molar-refractivity contribution in [3.8, 4) is 5.75 Å². The Morgan fingerprint density at radius 2 is 1.54 bits per heavy atom. The van der Waals surface area contributed by atoms with Crippen molar-refractivity contribution in [2.45, 2.75) is 52.4 Å². The lowest BCUT2D eigenvalue weighted by atomic mass is 9.78. The topological polar surface area (TPSA) is 43.8 Å². The monoisotopic (exact) mass is 392 g/mol. The molecule has 0 bridgehead atoms. The van der Waals surface area contributed by atoms with Crippen molar-refractivity contribution >= 4 is 40.3 Å². The number of rotatable bonds is 2. The first-order valence-corrected chi connectivity index (χ1v) is 9.79. The fourth-order valence-corrected chi connectivity index (χ4v) is 4.24. The van der Waals surface area contributed by atoms with Crippen molar-refractivity contribution in [1.82, 2.24) is 10.0 Å². The fourth-order valence-electron chi connectivity index (χ4n) is 2.84. The number of carbonyl (C=O) groups excluding carboxylic acids is 1. The Hall–Kier alpha value is -1.37. The van der Waals surface area contributed by atoms with Gasteiger partial charge in [0.1, 0.15) is 5.75 Å². The maximum Gasteiger partial charge on any atom is 0.280 e. The molecule has 142 valence electrons. The molecule has 0 saturated carbocycles. The Morgan fingerprint density at radius 1 is 1.08 bits per heavy atom. The van der Waals surface area contributed by atoms with E-state index in [2.05, 4.69) is 41.5 Å². The normalized spacial score (nSPS) is 17.7. The van der Waals surface area contributed by atoms with Crippen LogP contribution in [-0.4, -0.2) is 39.4 Å². The highest BCUT2D eigenvalue weighted by Crippen LogP contribution is 2.41. The Bertz CT molecular complexity index is 749. The predicted octanol–water partition coefficient (Wildman–Crippen LogP) is 4.67. The molecule has 1 amide bonds. The maximum atomic E-state index is 12.7. The second kappa shape index (κ2) is 6.98. The minimum atomic E-state index is -0.212. The predicted molar refractivity (Wildman–Crippen MR) is 114 cm³/mol. The third-order valence-electron chi connectivity index (χ3n) is 4.22. The molecule has 1 fully saturated rings. The second-order valence-electron chi connectivity index (χ2n) is 8.81. The lowest BCUT2D eigenvalue weighted by Crippen LogP contribution is -2.39. The van der Waals surface area contributed by atoms with Gasteiger partial charge in [-0.25, -0.2) is 10.0 Å². The van der Waals surface area contributed by atoms with E-state index in [-0.39, 0.29) is 16.7 Å². The molecule has 0 radical (unpaired) electrons. The van der Waals surface area contributed by atoms with Crippen LogP contribution in [0.1, 0.15) is 58.2 Å². The SMILES string of the molecule is CN(C)N1C(=O)/C(=C/c2cc(C(C)(C)C)c(O)c(C(C)(C)C)c2)SC1=S. The van der Waals surface area contributed by atoms with Gasteiger partial charge in [0.2, 0.25) is 0 Å². The van der Waals surface area contributed by atoms with Gasteiger partial charge in [-0.2, -0.15) is 0 Å². The van der Waals surface area contributed by atoms with Crippen molar-refractivity contribution < 1.29 is 9.90 Å². The molecule has 4 nitrogen and oxygen atoms in total. The highest BCUT2D eigenvalue weighted by molar-refractivity contribution is 8.26. The zero-order valence-electron chi connectivity index (χ0n) is 16.8. The molecule has 1 aromatic rings. The minimum absolute atomic E-state index is 0.118. The number of phenols is 1. The van der Waals surface area contributed by atoms with Gasteiger partial charge in [-0.15, -0.1) is 0 Å². The number of thiocarbonyl (C=S) groups is 1. The molecule has 1 saturated heterocycles. The van der Waals surface area contributed by atoms with Crippen LogP contribution in [0.5, 0.6) is 5.75 Å². The van der Waals surface area contributed by atoms with Crippen molar-refractivity contribution in [3.63, 3.8) is 0 Å². The smallest absolute Gasteiger partial charge is 0.280 e. The minimum Gasteiger partial charge on any atom is -0.507 e. The molecule has 0 aromatic heterocycles. The van der Waals surface area contributed by atoms with E-state index in [9.17, 15) is 9.90 Å². The molecule has 0 atom stereocenters. The van der Waals surface area contributed by atoms with E-state index in [1.54, 1.807) is 19.1 Å². The molecule has 2 rings (SSSR count). The van der Waals surface area contributed by atoms with Crippen molar-refractivity contribution in [2.75, 3.05) is 14.1 Å². The standard InChI is InChI=1S/C20H28N2O2S2/c1-19(2,3)13-9-12(10-14(16(13)23)20(4,5)6)11-15-17(24)22(21(7)8)18(25)26-15/h9-11,23H,1-8H3/b15-11-.